The van der Waals surface area contributed by atoms with Gasteiger partial charge in [-0.1, -0.05) is 20.3 Å². The van der Waals surface area contributed by atoms with E-state index in [2.05, 4.69) is 49.9 Å². The van der Waals surface area contributed by atoms with Crippen LogP contribution in [0, 0.1) is 5.92 Å². The van der Waals surface area contributed by atoms with Gasteiger partial charge >= 0.3 is 0 Å². The van der Waals surface area contributed by atoms with Crippen molar-refractivity contribution in [2.45, 2.75) is 39.3 Å². The fourth-order valence-corrected chi connectivity index (χ4v) is 3.11. The number of hydrogen-bond acceptors (Lipinski definition) is 4. The quantitative estimate of drug-likeness (QED) is 0.892. The van der Waals surface area contributed by atoms with E-state index in [0.29, 0.717) is 18.5 Å². The van der Waals surface area contributed by atoms with Crippen LogP contribution in [-0.4, -0.2) is 43.1 Å². The molecule has 0 aliphatic carbocycles. The second kappa shape index (κ2) is 6.55. The molecule has 1 saturated heterocycles. The Balaban J connectivity index is 2.22. The number of aryl methyl sites for hydroxylation is 1. The normalized spacial score (nSPS) is 22.8. The van der Waals surface area contributed by atoms with Crippen LogP contribution in [0.2, 0.25) is 0 Å². The molecule has 2 rings (SSSR count). The lowest BCUT2D eigenvalue weighted by Gasteiger charge is -2.23. The predicted octanol–water partition coefficient (Wildman–Crippen LogP) is 1.88. The molecule has 4 heteroatoms. The number of aromatic nitrogens is 1. The zero-order chi connectivity index (χ0) is 14.7. The molecule has 1 fully saturated rings. The molecule has 2 unspecified atom stereocenters. The second-order valence-electron chi connectivity index (χ2n) is 6.19. The highest BCUT2D eigenvalue weighted by atomic mass is 15.3. The van der Waals surface area contributed by atoms with Crippen LogP contribution in [0.5, 0.6) is 0 Å². The molecule has 2 N–H and O–H groups in total. The van der Waals surface area contributed by atoms with Crippen LogP contribution in [0.25, 0.3) is 0 Å². The third kappa shape index (κ3) is 3.30. The number of likely N-dealkylation sites (N-methyl/N-ethyl adjacent to an activating group) is 1. The molecule has 1 aliphatic rings. The van der Waals surface area contributed by atoms with Gasteiger partial charge in [-0.2, -0.15) is 0 Å². The Bertz CT molecular complexity index is 444. The fourth-order valence-electron chi connectivity index (χ4n) is 3.11. The first kappa shape index (κ1) is 15.3. The van der Waals surface area contributed by atoms with Gasteiger partial charge in [-0.15, -0.1) is 0 Å². The van der Waals surface area contributed by atoms with Crippen molar-refractivity contribution >= 4 is 5.82 Å². The average Bonchev–Trinajstić information content (AvgIpc) is 2.81. The van der Waals surface area contributed by atoms with Gasteiger partial charge in [0.1, 0.15) is 5.82 Å². The summed E-state index contributed by atoms with van der Waals surface area (Å²) >= 11 is 0. The van der Waals surface area contributed by atoms with E-state index in [-0.39, 0.29) is 0 Å². The maximum Gasteiger partial charge on any atom is 0.129 e. The first-order valence-corrected chi connectivity index (χ1v) is 7.66. The second-order valence-corrected chi connectivity index (χ2v) is 6.19. The lowest BCUT2D eigenvalue weighted by molar-refractivity contribution is 0.266. The third-order valence-electron chi connectivity index (χ3n) is 4.23. The highest BCUT2D eigenvalue weighted by Crippen LogP contribution is 2.26. The molecular weight excluding hydrogens is 248 g/mol. The van der Waals surface area contributed by atoms with E-state index in [1.54, 1.807) is 0 Å². The Hall–Kier alpha value is -1.13. The van der Waals surface area contributed by atoms with Crippen molar-refractivity contribution < 1.29 is 0 Å². The lowest BCUT2D eigenvalue weighted by atomic mass is 10.1. The van der Waals surface area contributed by atoms with Crippen LogP contribution < -0.4 is 10.6 Å². The zero-order valence-corrected chi connectivity index (χ0v) is 13.3. The first-order chi connectivity index (χ1) is 9.55. The lowest BCUT2D eigenvalue weighted by Crippen LogP contribution is -2.34. The van der Waals surface area contributed by atoms with Crippen LogP contribution in [0.1, 0.15) is 31.5 Å². The molecule has 0 saturated carbocycles. The van der Waals surface area contributed by atoms with Crippen molar-refractivity contribution in [1.29, 1.82) is 0 Å². The van der Waals surface area contributed by atoms with Crippen molar-refractivity contribution in [3.05, 3.63) is 23.4 Å². The van der Waals surface area contributed by atoms with E-state index in [1.165, 1.54) is 11.3 Å². The maximum atomic E-state index is 5.83. The molecule has 20 heavy (non-hydrogen) atoms. The molecule has 1 aliphatic heterocycles. The highest BCUT2D eigenvalue weighted by molar-refractivity contribution is 5.44. The molecule has 2 atom stereocenters. The number of anilines is 1. The average molecular weight is 276 g/mol. The molecule has 2 heterocycles. The minimum Gasteiger partial charge on any atom is -0.355 e. The van der Waals surface area contributed by atoms with Gasteiger partial charge in [0.15, 0.2) is 0 Å². The Morgan fingerprint density at radius 2 is 2.10 bits per heavy atom. The van der Waals surface area contributed by atoms with Gasteiger partial charge in [0.2, 0.25) is 0 Å². The summed E-state index contributed by atoms with van der Waals surface area (Å²) in [6, 6.07) is 4.91. The summed E-state index contributed by atoms with van der Waals surface area (Å²) in [7, 11) is 4.33. The zero-order valence-electron chi connectivity index (χ0n) is 13.3. The Kier molecular flexibility index (Phi) is 5.00. The Morgan fingerprint density at radius 3 is 2.65 bits per heavy atom. The summed E-state index contributed by atoms with van der Waals surface area (Å²) in [5.74, 6) is 1.77. The molecule has 1 aromatic rings. The molecule has 0 radical (unpaired) electrons. The van der Waals surface area contributed by atoms with Crippen molar-refractivity contribution in [3.63, 3.8) is 0 Å². The molecule has 112 valence electrons. The topological polar surface area (TPSA) is 45.4 Å². The standard InChI is InChI=1S/C16H28N4/c1-5-6-14-7-13(9-17)8-16(18-14)20-10-12(2)15(11-20)19(3)4/h7-8,12,15H,5-6,9-11,17H2,1-4H3. The SMILES string of the molecule is CCCc1cc(CN)cc(N2CC(C)C(N(C)C)C2)n1. The Labute approximate surface area is 123 Å². The van der Waals surface area contributed by atoms with Gasteiger partial charge in [-0.05, 0) is 44.1 Å². The van der Waals surface area contributed by atoms with Gasteiger partial charge in [0, 0.05) is 31.4 Å². The largest absolute Gasteiger partial charge is 0.355 e. The molecule has 0 spiro atoms. The Morgan fingerprint density at radius 1 is 1.35 bits per heavy atom. The van der Waals surface area contributed by atoms with E-state index in [4.69, 9.17) is 10.7 Å². The van der Waals surface area contributed by atoms with Crippen LogP contribution in [0.3, 0.4) is 0 Å². The number of pyridine rings is 1. The van der Waals surface area contributed by atoms with Gasteiger partial charge in [-0.3, -0.25) is 0 Å². The molecular formula is C16H28N4. The predicted molar refractivity (Wildman–Crippen MR) is 85.0 cm³/mol. The minimum absolute atomic E-state index is 0.590. The van der Waals surface area contributed by atoms with E-state index >= 15 is 0 Å². The smallest absolute Gasteiger partial charge is 0.129 e. The fraction of sp³-hybridized carbons (Fsp3) is 0.688. The van der Waals surface area contributed by atoms with E-state index in [1.807, 2.05) is 0 Å². The number of nitrogens with two attached hydrogens (primary N) is 1. The summed E-state index contributed by atoms with van der Waals surface area (Å²) in [6.07, 6.45) is 2.15. The maximum absolute atomic E-state index is 5.83. The molecule has 0 bridgehead atoms. The molecule has 4 nitrogen and oxygen atoms in total. The van der Waals surface area contributed by atoms with Crippen LogP contribution in [0.15, 0.2) is 12.1 Å². The van der Waals surface area contributed by atoms with Gasteiger partial charge in [0.25, 0.3) is 0 Å². The van der Waals surface area contributed by atoms with Crippen molar-refractivity contribution in [1.82, 2.24) is 9.88 Å². The van der Waals surface area contributed by atoms with Crippen LogP contribution in [-0.2, 0) is 13.0 Å². The van der Waals surface area contributed by atoms with E-state index in [9.17, 15) is 0 Å². The van der Waals surface area contributed by atoms with Gasteiger partial charge in [-0.25, -0.2) is 4.98 Å². The van der Waals surface area contributed by atoms with Crippen molar-refractivity contribution in [3.8, 4) is 0 Å². The first-order valence-electron chi connectivity index (χ1n) is 7.66. The number of rotatable bonds is 5. The third-order valence-corrected chi connectivity index (χ3v) is 4.23. The van der Waals surface area contributed by atoms with E-state index in [0.717, 1.165) is 31.7 Å². The van der Waals surface area contributed by atoms with Gasteiger partial charge < -0.3 is 15.5 Å². The monoisotopic (exact) mass is 276 g/mol. The molecule has 0 amide bonds. The molecule has 0 aromatic carbocycles. The summed E-state index contributed by atoms with van der Waals surface area (Å²) in [5, 5.41) is 0. The number of nitrogens with zero attached hydrogens (tertiary/aromatic N) is 3. The summed E-state index contributed by atoms with van der Waals surface area (Å²) < 4.78 is 0. The minimum atomic E-state index is 0.590. The van der Waals surface area contributed by atoms with Crippen LogP contribution >= 0.6 is 0 Å². The highest BCUT2D eigenvalue weighted by Gasteiger charge is 2.31. The summed E-state index contributed by atoms with van der Waals surface area (Å²) in [6.45, 7) is 7.24. The van der Waals surface area contributed by atoms with Crippen molar-refractivity contribution in [2.75, 3.05) is 32.1 Å². The van der Waals surface area contributed by atoms with E-state index < -0.39 is 0 Å². The van der Waals surface area contributed by atoms with Crippen LogP contribution in [0.4, 0.5) is 5.82 Å². The van der Waals surface area contributed by atoms with Gasteiger partial charge in [0.05, 0.1) is 0 Å². The summed E-state index contributed by atoms with van der Waals surface area (Å²) in [5.41, 5.74) is 8.20. The van der Waals surface area contributed by atoms with Crippen molar-refractivity contribution in [2.24, 2.45) is 11.7 Å². The number of hydrogen-bond donors (Lipinski definition) is 1. The summed E-state index contributed by atoms with van der Waals surface area (Å²) in [4.78, 5) is 9.57. The molecule has 1 aromatic heterocycles.